The van der Waals surface area contributed by atoms with Crippen molar-refractivity contribution in [2.45, 2.75) is 0 Å². The van der Waals surface area contributed by atoms with Gasteiger partial charge in [0.25, 0.3) is 0 Å². The molecule has 0 heterocycles. The van der Waals surface area contributed by atoms with Crippen LogP contribution in [0.15, 0.2) is 5.10 Å². The molecule has 0 aliphatic heterocycles. The first-order valence-corrected chi connectivity index (χ1v) is 2.84. The SMILES string of the molecule is CN(C)/N=C/C=[N+](C)C. The molecule has 0 aromatic heterocycles. The fraction of sp³-hybridized carbons (Fsp3) is 0.667. The first kappa shape index (κ1) is 8.14. The Labute approximate surface area is 56.3 Å². The molecule has 0 aliphatic rings. The fourth-order valence-electron chi connectivity index (χ4n) is 0.296. The van der Waals surface area contributed by atoms with Gasteiger partial charge in [-0.2, -0.15) is 5.10 Å². The molecular weight excluding hydrogens is 114 g/mol. The summed E-state index contributed by atoms with van der Waals surface area (Å²) < 4.78 is 1.94. The normalized spacial score (nSPS) is 9.78. The highest BCUT2D eigenvalue weighted by Gasteiger charge is 1.77. The van der Waals surface area contributed by atoms with Crippen LogP contribution in [0.1, 0.15) is 0 Å². The van der Waals surface area contributed by atoms with Crippen LogP contribution < -0.4 is 0 Å². The lowest BCUT2D eigenvalue weighted by Gasteiger charge is -1.98. The standard InChI is InChI=1S/C6H14N3/c1-8(2)6-5-7-9(3)4/h5-6H,1-4H3/q+1. The number of hydrazone groups is 1. The average molecular weight is 128 g/mol. The maximum Gasteiger partial charge on any atom is 0.183 e. The van der Waals surface area contributed by atoms with Crippen molar-refractivity contribution >= 4 is 12.4 Å². The van der Waals surface area contributed by atoms with Crippen molar-refractivity contribution in [1.29, 1.82) is 0 Å². The highest BCUT2D eigenvalue weighted by Crippen LogP contribution is 1.67. The van der Waals surface area contributed by atoms with Crippen molar-refractivity contribution < 1.29 is 4.58 Å². The maximum absolute atomic E-state index is 3.98. The minimum atomic E-state index is 1.75. The molecule has 0 radical (unpaired) electrons. The van der Waals surface area contributed by atoms with Crippen LogP contribution in [-0.2, 0) is 0 Å². The Morgan fingerprint density at radius 1 is 1.33 bits per heavy atom. The lowest BCUT2D eigenvalue weighted by molar-refractivity contribution is -0.457. The molecule has 0 aromatic carbocycles. The maximum atomic E-state index is 3.98. The summed E-state index contributed by atoms with van der Waals surface area (Å²) >= 11 is 0. The summed E-state index contributed by atoms with van der Waals surface area (Å²) in [6.45, 7) is 0. The van der Waals surface area contributed by atoms with E-state index in [1.54, 1.807) is 11.2 Å². The third-order valence-electron chi connectivity index (χ3n) is 0.662. The predicted octanol–water partition coefficient (Wildman–Crippen LogP) is -0.123. The second kappa shape index (κ2) is 4.06. The highest BCUT2D eigenvalue weighted by atomic mass is 15.4. The molecule has 0 spiro atoms. The fourth-order valence-corrected chi connectivity index (χ4v) is 0.296. The molecule has 0 N–H and O–H groups in total. The first-order chi connectivity index (χ1) is 4.13. The van der Waals surface area contributed by atoms with Gasteiger partial charge in [-0.1, -0.05) is 0 Å². The molecule has 0 atom stereocenters. The molecule has 0 fully saturated rings. The molecule has 0 aromatic rings. The van der Waals surface area contributed by atoms with Crippen LogP contribution in [0.4, 0.5) is 0 Å². The van der Waals surface area contributed by atoms with E-state index in [0.717, 1.165) is 0 Å². The molecule has 52 valence electrons. The number of hydrogen-bond acceptors (Lipinski definition) is 2. The van der Waals surface area contributed by atoms with Gasteiger partial charge in [0.2, 0.25) is 0 Å². The van der Waals surface area contributed by atoms with Gasteiger partial charge in [-0.3, -0.25) is 0 Å². The van der Waals surface area contributed by atoms with Gasteiger partial charge >= 0.3 is 0 Å². The van der Waals surface area contributed by atoms with E-state index in [1.807, 2.05) is 39.0 Å². The molecule has 0 bridgehead atoms. The summed E-state index contributed by atoms with van der Waals surface area (Å²) in [7, 11) is 7.70. The molecular formula is C6H14N3+. The van der Waals surface area contributed by atoms with Gasteiger partial charge in [0.05, 0.1) is 0 Å². The Balaban J connectivity index is 3.60. The van der Waals surface area contributed by atoms with E-state index < -0.39 is 0 Å². The van der Waals surface area contributed by atoms with Crippen LogP contribution in [0.2, 0.25) is 0 Å². The third-order valence-corrected chi connectivity index (χ3v) is 0.662. The van der Waals surface area contributed by atoms with Crippen LogP contribution in [0.3, 0.4) is 0 Å². The monoisotopic (exact) mass is 128 g/mol. The first-order valence-electron chi connectivity index (χ1n) is 2.84. The zero-order valence-electron chi connectivity index (χ0n) is 6.50. The average Bonchev–Trinajstić information content (AvgIpc) is 1.63. The summed E-state index contributed by atoms with van der Waals surface area (Å²) in [6, 6.07) is 0. The summed E-state index contributed by atoms with van der Waals surface area (Å²) in [5.41, 5.74) is 0. The Bertz CT molecular complexity index is 120. The van der Waals surface area contributed by atoms with Crippen LogP contribution in [0, 0.1) is 0 Å². The smallest absolute Gasteiger partial charge is 0.183 e. The molecule has 0 rings (SSSR count). The van der Waals surface area contributed by atoms with Crippen molar-refractivity contribution in [3.63, 3.8) is 0 Å². The predicted molar refractivity (Wildman–Crippen MR) is 40.4 cm³/mol. The van der Waals surface area contributed by atoms with E-state index in [0.29, 0.717) is 0 Å². The highest BCUT2D eigenvalue weighted by molar-refractivity contribution is 6.13. The molecule has 9 heavy (non-hydrogen) atoms. The van der Waals surface area contributed by atoms with Crippen LogP contribution in [-0.4, -0.2) is 50.2 Å². The minimum Gasteiger partial charge on any atom is -0.303 e. The van der Waals surface area contributed by atoms with Crippen LogP contribution >= 0.6 is 0 Å². The third kappa shape index (κ3) is 7.14. The van der Waals surface area contributed by atoms with Crippen LogP contribution in [0.5, 0.6) is 0 Å². The van der Waals surface area contributed by atoms with Gasteiger partial charge in [-0.25, -0.2) is 4.58 Å². The summed E-state index contributed by atoms with van der Waals surface area (Å²) in [5, 5.41) is 5.73. The van der Waals surface area contributed by atoms with E-state index in [1.165, 1.54) is 0 Å². The Morgan fingerprint density at radius 3 is 2.22 bits per heavy atom. The van der Waals surface area contributed by atoms with Crippen molar-refractivity contribution in [3.05, 3.63) is 0 Å². The zero-order valence-corrected chi connectivity index (χ0v) is 6.50. The van der Waals surface area contributed by atoms with E-state index in [2.05, 4.69) is 5.10 Å². The molecule has 0 saturated carbocycles. The molecule has 0 unspecified atom stereocenters. The Kier molecular flexibility index (Phi) is 3.67. The van der Waals surface area contributed by atoms with Gasteiger partial charge in [0.15, 0.2) is 6.21 Å². The van der Waals surface area contributed by atoms with Gasteiger partial charge in [0, 0.05) is 14.1 Å². The lowest BCUT2D eigenvalue weighted by atomic mass is 10.8. The zero-order chi connectivity index (χ0) is 7.28. The number of nitrogens with zero attached hydrogens (tertiary/aromatic N) is 3. The summed E-state index contributed by atoms with van der Waals surface area (Å²) in [6.07, 6.45) is 3.64. The van der Waals surface area contributed by atoms with E-state index >= 15 is 0 Å². The molecule has 0 amide bonds. The van der Waals surface area contributed by atoms with Crippen molar-refractivity contribution in [3.8, 4) is 0 Å². The molecule has 0 saturated heterocycles. The summed E-state index contributed by atoms with van der Waals surface area (Å²) in [4.78, 5) is 0. The second-order valence-corrected chi connectivity index (χ2v) is 2.22. The van der Waals surface area contributed by atoms with Gasteiger partial charge in [0.1, 0.15) is 20.3 Å². The molecule has 3 nitrogen and oxygen atoms in total. The van der Waals surface area contributed by atoms with Crippen molar-refractivity contribution in [2.24, 2.45) is 5.10 Å². The van der Waals surface area contributed by atoms with Crippen LogP contribution in [0.25, 0.3) is 0 Å². The molecule has 3 heteroatoms. The number of hydrogen-bond donors (Lipinski definition) is 0. The second-order valence-electron chi connectivity index (χ2n) is 2.22. The quantitative estimate of drug-likeness (QED) is 0.288. The van der Waals surface area contributed by atoms with E-state index in [9.17, 15) is 0 Å². The largest absolute Gasteiger partial charge is 0.303 e. The Hall–Kier alpha value is -0.860. The Morgan fingerprint density at radius 2 is 1.89 bits per heavy atom. The molecule has 0 aliphatic carbocycles. The summed E-state index contributed by atoms with van der Waals surface area (Å²) in [5.74, 6) is 0. The van der Waals surface area contributed by atoms with Gasteiger partial charge in [-0.05, 0) is 0 Å². The lowest BCUT2D eigenvalue weighted by Crippen LogP contribution is -2.05. The van der Waals surface area contributed by atoms with E-state index in [4.69, 9.17) is 0 Å². The minimum absolute atomic E-state index is 1.75. The van der Waals surface area contributed by atoms with Gasteiger partial charge in [-0.15, -0.1) is 0 Å². The topological polar surface area (TPSA) is 18.6 Å². The van der Waals surface area contributed by atoms with Gasteiger partial charge < -0.3 is 5.01 Å². The van der Waals surface area contributed by atoms with Crippen molar-refractivity contribution in [1.82, 2.24) is 5.01 Å². The number of rotatable bonds is 2. The van der Waals surface area contributed by atoms with Crippen molar-refractivity contribution in [2.75, 3.05) is 28.2 Å². The van der Waals surface area contributed by atoms with E-state index in [-0.39, 0.29) is 0 Å².